The minimum atomic E-state index is 0.240. The Labute approximate surface area is 181 Å². The number of hydrogen-bond acceptors (Lipinski definition) is 5. The predicted molar refractivity (Wildman–Crippen MR) is 118 cm³/mol. The normalized spacial score (nSPS) is 24.2. The van der Waals surface area contributed by atoms with Crippen LogP contribution in [0.4, 0.5) is 0 Å². The fourth-order valence-electron chi connectivity index (χ4n) is 5.36. The smallest absolute Gasteiger partial charge is 0.224 e. The molecule has 0 N–H and O–H groups in total. The molecular formula is C24H38N4O2. The molecule has 0 unspecified atom stereocenters. The molecule has 0 radical (unpaired) electrons. The topological polar surface area (TPSA) is 48.9 Å². The van der Waals surface area contributed by atoms with Crippen LogP contribution >= 0.6 is 0 Å². The van der Waals surface area contributed by atoms with Gasteiger partial charge in [0.2, 0.25) is 5.91 Å². The molecular weight excluding hydrogens is 376 g/mol. The molecule has 0 aromatic carbocycles. The molecule has 1 saturated carbocycles. The maximum atomic E-state index is 13.2. The summed E-state index contributed by atoms with van der Waals surface area (Å²) in [7, 11) is 0. The van der Waals surface area contributed by atoms with Crippen molar-refractivity contribution in [2.75, 3.05) is 39.3 Å². The van der Waals surface area contributed by atoms with E-state index in [1.807, 2.05) is 17.3 Å². The fraction of sp³-hybridized carbons (Fsp3) is 0.750. The van der Waals surface area contributed by atoms with Gasteiger partial charge in [0, 0.05) is 57.6 Å². The van der Waals surface area contributed by atoms with Crippen LogP contribution in [0.1, 0.15) is 63.4 Å². The Balaban J connectivity index is 1.35. The van der Waals surface area contributed by atoms with Crippen molar-refractivity contribution >= 4 is 5.91 Å². The number of carbonyl (C=O) groups is 1. The average molecular weight is 415 g/mol. The summed E-state index contributed by atoms with van der Waals surface area (Å²) in [5.74, 6) is 0.813. The lowest BCUT2D eigenvalue weighted by Crippen LogP contribution is -2.47. The highest BCUT2D eigenvalue weighted by atomic mass is 16.7. The van der Waals surface area contributed by atoms with Crippen molar-refractivity contribution in [1.82, 2.24) is 19.8 Å². The van der Waals surface area contributed by atoms with Crippen LogP contribution in [-0.4, -0.2) is 71.1 Å². The summed E-state index contributed by atoms with van der Waals surface area (Å²) in [5, 5.41) is 1.95. The standard InChI is InChI=1S/C24H38N4O2/c29-24(11-15-28-14-6-16-30-28)27(18-21-7-4-12-25-17-21)20-22-8-5-13-26(19-22)23-9-2-1-3-10-23/h4,7,12,17,22-23H,1-3,5-6,8-11,13-16,18-20H2/t22-/m0/s1. The molecule has 0 bridgehead atoms. The lowest BCUT2D eigenvalue weighted by molar-refractivity contribution is -0.140. The van der Waals surface area contributed by atoms with E-state index in [0.717, 1.165) is 44.3 Å². The van der Waals surface area contributed by atoms with E-state index in [1.54, 1.807) is 6.20 Å². The lowest BCUT2D eigenvalue weighted by atomic mass is 9.90. The first-order chi connectivity index (χ1) is 14.8. The van der Waals surface area contributed by atoms with E-state index in [0.29, 0.717) is 25.4 Å². The number of piperidine rings is 1. The maximum Gasteiger partial charge on any atom is 0.224 e. The molecule has 1 aromatic heterocycles. The molecule has 3 heterocycles. The molecule has 2 aliphatic heterocycles. The van der Waals surface area contributed by atoms with Gasteiger partial charge in [-0.05, 0) is 56.2 Å². The Morgan fingerprint density at radius 3 is 2.80 bits per heavy atom. The van der Waals surface area contributed by atoms with Crippen LogP contribution < -0.4 is 0 Å². The van der Waals surface area contributed by atoms with Gasteiger partial charge in [-0.1, -0.05) is 25.3 Å². The summed E-state index contributed by atoms with van der Waals surface area (Å²) >= 11 is 0. The Kier molecular flexibility index (Phi) is 8.12. The van der Waals surface area contributed by atoms with E-state index < -0.39 is 0 Å². The molecule has 6 nitrogen and oxygen atoms in total. The summed E-state index contributed by atoms with van der Waals surface area (Å²) in [6, 6.07) is 4.81. The van der Waals surface area contributed by atoms with Gasteiger partial charge in [-0.25, -0.2) is 0 Å². The molecule has 6 heteroatoms. The van der Waals surface area contributed by atoms with Gasteiger partial charge in [-0.2, -0.15) is 5.06 Å². The minimum absolute atomic E-state index is 0.240. The largest absolute Gasteiger partial charge is 0.338 e. The third-order valence-electron chi connectivity index (χ3n) is 6.97. The zero-order valence-electron chi connectivity index (χ0n) is 18.4. The van der Waals surface area contributed by atoms with Gasteiger partial charge in [0.05, 0.1) is 6.61 Å². The van der Waals surface area contributed by atoms with Gasteiger partial charge in [-0.3, -0.25) is 14.6 Å². The van der Waals surface area contributed by atoms with Crippen molar-refractivity contribution in [1.29, 1.82) is 0 Å². The van der Waals surface area contributed by atoms with Gasteiger partial charge in [-0.15, -0.1) is 0 Å². The van der Waals surface area contributed by atoms with Gasteiger partial charge in [0.25, 0.3) is 0 Å². The number of hydrogen-bond donors (Lipinski definition) is 0. The summed E-state index contributed by atoms with van der Waals surface area (Å²) in [6.07, 6.45) is 14.7. The number of carbonyl (C=O) groups excluding carboxylic acids is 1. The summed E-state index contributed by atoms with van der Waals surface area (Å²) < 4.78 is 0. The second-order valence-corrected chi connectivity index (χ2v) is 9.30. The van der Waals surface area contributed by atoms with Gasteiger partial charge < -0.3 is 9.80 Å². The monoisotopic (exact) mass is 414 g/mol. The molecule has 1 amide bonds. The zero-order valence-corrected chi connectivity index (χ0v) is 18.4. The van der Waals surface area contributed by atoms with Crippen LogP contribution in [0.15, 0.2) is 24.5 Å². The first-order valence-corrected chi connectivity index (χ1v) is 12.1. The van der Waals surface area contributed by atoms with Gasteiger partial charge in [0.15, 0.2) is 0 Å². The van der Waals surface area contributed by atoms with Gasteiger partial charge >= 0.3 is 0 Å². The highest BCUT2D eigenvalue weighted by Gasteiger charge is 2.29. The van der Waals surface area contributed by atoms with Crippen LogP contribution in [0, 0.1) is 5.92 Å². The molecule has 0 spiro atoms. The molecule has 4 rings (SSSR count). The van der Waals surface area contributed by atoms with Gasteiger partial charge in [0.1, 0.15) is 0 Å². The zero-order chi connectivity index (χ0) is 20.6. The quantitative estimate of drug-likeness (QED) is 0.652. The van der Waals surface area contributed by atoms with Crippen molar-refractivity contribution in [2.24, 2.45) is 5.92 Å². The first kappa shape index (κ1) is 21.7. The highest BCUT2D eigenvalue weighted by Crippen LogP contribution is 2.28. The molecule has 1 atom stereocenters. The molecule has 30 heavy (non-hydrogen) atoms. The van der Waals surface area contributed by atoms with Crippen LogP contribution in [0.3, 0.4) is 0 Å². The Hall–Kier alpha value is -1.50. The van der Waals surface area contributed by atoms with Crippen molar-refractivity contribution in [3.8, 4) is 0 Å². The van der Waals surface area contributed by atoms with Crippen LogP contribution in [0.2, 0.25) is 0 Å². The number of likely N-dealkylation sites (tertiary alicyclic amines) is 1. The molecule has 3 aliphatic rings. The summed E-state index contributed by atoms with van der Waals surface area (Å²) in [5.41, 5.74) is 1.11. The average Bonchev–Trinajstić information content (AvgIpc) is 3.32. The number of aromatic nitrogens is 1. The highest BCUT2D eigenvalue weighted by molar-refractivity contribution is 5.76. The number of amides is 1. The first-order valence-electron chi connectivity index (χ1n) is 12.1. The number of rotatable bonds is 8. The molecule has 1 aromatic rings. The van der Waals surface area contributed by atoms with E-state index >= 15 is 0 Å². The van der Waals surface area contributed by atoms with Crippen LogP contribution in [0.5, 0.6) is 0 Å². The molecule has 2 saturated heterocycles. The number of nitrogens with zero attached hydrogens (tertiary/aromatic N) is 4. The maximum absolute atomic E-state index is 13.2. The van der Waals surface area contributed by atoms with Crippen LogP contribution in [-0.2, 0) is 16.2 Å². The third-order valence-corrected chi connectivity index (χ3v) is 6.97. The molecule has 3 fully saturated rings. The SMILES string of the molecule is O=C(CCN1CCCO1)N(Cc1cccnc1)C[C@H]1CCCN(C2CCCCC2)C1. The molecule has 1 aliphatic carbocycles. The summed E-state index contributed by atoms with van der Waals surface area (Å²) in [6.45, 7) is 6.33. The number of hydroxylamine groups is 2. The van der Waals surface area contributed by atoms with E-state index in [1.165, 1.54) is 51.5 Å². The number of pyridine rings is 1. The van der Waals surface area contributed by atoms with Crippen molar-refractivity contribution in [3.63, 3.8) is 0 Å². The third kappa shape index (κ3) is 6.25. The van der Waals surface area contributed by atoms with E-state index in [2.05, 4.69) is 20.9 Å². The lowest BCUT2D eigenvalue weighted by Gasteiger charge is -2.41. The van der Waals surface area contributed by atoms with Crippen molar-refractivity contribution < 1.29 is 9.63 Å². The van der Waals surface area contributed by atoms with Crippen LogP contribution in [0.25, 0.3) is 0 Å². The second-order valence-electron chi connectivity index (χ2n) is 9.30. The fourth-order valence-corrected chi connectivity index (χ4v) is 5.36. The Morgan fingerprint density at radius 2 is 2.03 bits per heavy atom. The van der Waals surface area contributed by atoms with E-state index in [-0.39, 0.29) is 5.91 Å². The molecule has 166 valence electrons. The van der Waals surface area contributed by atoms with Crippen molar-refractivity contribution in [3.05, 3.63) is 30.1 Å². The predicted octanol–water partition coefficient (Wildman–Crippen LogP) is 3.48. The van der Waals surface area contributed by atoms with E-state index in [9.17, 15) is 4.79 Å². The van der Waals surface area contributed by atoms with E-state index in [4.69, 9.17) is 4.84 Å². The van der Waals surface area contributed by atoms with Crippen molar-refractivity contribution in [2.45, 2.75) is 70.4 Å². The summed E-state index contributed by atoms with van der Waals surface area (Å²) in [4.78, 5) is 27.8. The minimum Gasteiger partial charge on any atom is -0.338 e. The second kappa shape index (κ2) is 11.2. The Morgan fingerprint density at radius 1 is 1.13 bits per heavy atom. The Bertz CT molecular complexity index is 644.